The fraction of sp³-hybridized carbons (Fsp3) is 0.480. The summed E-state index contributed by atoms with van der Waals surface area (Å²) >= 11 is 0. The third-order valence-electron chi connectivity index (χ3n) is 6.61. The number of carbonyl (C=O) groups excluding carboxylic acids is 1. The van der Waals surface area contributed by atoms with Crippen LogP contribution in [-0.4, -0.2) is 23.9 Å². The molecule has 2 aliphatic rings. The molecule has 2 aromatic rings. The molecule has 1 heterocycles. The van der Waals surface area contributed by atoms with Crippen LogP contribution in [0.3, 0.4) is 0 Å². The van der Waals surface area contributed by atoms with Gasteiger partial charge < -0.3 is 4.90 Å². The number of rotatable bonds is 3. The first-order valence-electron chi connectivity index (χ1n) is 10.6. The summed E-state index contributed by atoms with van der Waals surface area (Å²) in [6.07, 6.45) is 6.22. The number of amides is 1. The second kappa shape index (κ2) is 7.69. The molecule has 0 atom stereocenters. The van der Waals surface area contributed by atoms with Crippen LogP contribution in [0.5, 0.6) is 0 Å². The number of carbonyl (C=O) groups is 1. The van der Waals surface area contributed by atoms with Crippen molar-refractivity contribution in [1.29, 1.82) is 0 Å². The van der Waals surface area contributed by atoms with Crippen molar-refractivity contribution in [2.45, 2.75) is 52.4 Å². The zero-order valence-corrected chi connectivity index (χ0v) is 17.0. The smallest absolute Gasteiger partial charge is 0.253 e. The molecule has 0 N–H and O–H groups in total. The van der Waals surface area contributed by atoms with E-state index >= 15 is 0 Å². The molecule has 4 rings (SSSR count). The van der Waals surface area contributed by atoms with E-state index in [-0.39, 0.29) is 17.1 Å². The average molecular weight is 380 g/mol. The minimum absolute atomic E-state index is 0.130. The number of benzene rings is 2. The Labute approximate surface area is 167 Å². The molecule has 1 fully saturated rings. The van der Waals surface area contributed by atoms with Crippen molar-refractivity contribution in [2.75, 3.05) is 13.1 Å². The first-order valence-corrected chi connectivity index (χ1v) is 10.6. The zero-order chi connectivity index (χ0) is 19.7. The van der Waals surface area contributed by atoms with Crippen molar-refractivity contribution in [3.05, 3.63) is 70.5 Å². The molecule has 2 nitrogen and oxygen atoms in total. The number of hydrogen-bond acceptors (Lipinski definition) is 1. The first kappa shape index (κ1) is 19.2. The fourth-order valence-electron chi connectivity index (χ4n) is 4.94. The van der Waals surface area contributed by atoms with Crippen LogP contribution in [0.25, 0.3) is 0 Å². The molecule has 0 bridgehead atoms. The van der Waals surface area contributed by atoms with Crippen LogP contribution in [0.15, 0.2) is 42.5 Å². The van der Waals surface area contributed by atoms with Gasteiger partial charge in [-0.25, -0.2) is 4.39 Å². The zero-order valence-electron chi connectivity index (χ0n) is 17.0. The lowest BCUT2D eigenvalue weighted by atomic mass is 9.66. The minimum Gasteiger partial charge on any atom is -0.339 e. The van der Waals surface area contributed by atoms with E-state index in [4.69, 9.17) is 0 Å². The van der Waals surface area contributed by atoms with Gasteiger partial charge in [-0.3, -0.25) is 4.79 Å². The summed E-state index contributed by atoms with van der Waals surface area (Å²) in [4.78, 5) is 14.9. The number of hydrogen-bond donors (Lipinski definition) is 0. The summed E-state index contributed by atoms with van der Waals surface area (Å²) < 4.78 is 13.5. The van der Waals surface area contributed by atoms with Crippen LogP contribution in [0.2, 0.25) is 0 Å². The highest BCUT2D eigenvalue weighted by molar-refractivity contribution is 5.94. The molecule has 1 aliphatic heterocycles. The lowest BCUT2D eigenvalue weighted by Crippen LogP contribution is -2.45. The molecule has 1 spiro atoms. The molecule has 0 saturated carbocycles. The highest BCUT2D eigenvalue weighted by Gasteiger charge is 2.38. The van der Waals surface area contributed by atoms with Crippen molar-refractivity contribution < 1.29 is 9.18 Å². The summed E-state index contributed by atoms with van der Waals surface area (Å²) in [6, 6.07) is 13.4. The lowest BCUT2D eigenvalue weighted by molar-refractivity contribution is 0.0543. The van der Waals surface area contributed by atoms with Crippen LogP contribution in [0, 0.1) is 17.2 Å². The van der Waals surface area contributed by atoms with Crippen LogP contribution in [0.1, 0.15) is 60.2 Å². The van der Waals surface area contributed by atoms with Gasteiger partial charge in [0.2, 0.25) is 0 Å². The van der Waals surface area contributed by atoms with Gasteiger partial charge in [-0.05, 0) is 90.8 Å². The van der Waals surface area contributed by atoms with E-state index in [1.165, 1.54) is 16.7 Å². The van der Waals surface area contributed by atoms with E-state index in [2.05, 4.69) is 26.0 Å². The molecule has 1 aliphatic carbocycles. The maximum atomic E-state index is 13.5. The summed E-state index contributed by atoms with van der Waals surface area (Å²) in [5.74, 6) is 0.649. The van der Waals surface area contributed by atoms with E-state index in [9.17, 15) is 9.18 Å². The van der Waals surface area contributed by atoms with Gasteiger partial charge in [0, 0.05) is 18.7 Å². The lowest BCUT2D eigenvalue weighted by Gasteiger charge is -2.44. The Morgan fingerprint density at radius 1 is 1.04 bits per heavy atom. The Hall–Kier alpha value is -2.16. The molecule has 0 radical (unpaired) electrons. The van der Waals surface area contributed by atoms with E-state index < -0.39 is 0 Å². The quantitative estimate of drug-likeness (QED) is 0.696. The van der Waals surface area contributed by atoms with Gasteiger partial charge in [0.25, 0.3) is 5.91 Å². The SMILES string of the molecule is CC(C)Cc1ccc(C(=O)N2CCC3(CCc4cc(F)ccc4C3)CC2)cc1. The highest BCUT2D eigenvalue weighted by atomic mass is 19.1. The molecule has 3 heteroatoms. The van der Waals surface area contributed by atoms with Crippen LogP contribution >= 0.6 is 0 Å². The average Bonchev–Trinajstić information content (AvgIpc) is 2.69. The summed E-state index contributed by atoms with van der Waals surface area (Å²) in [5, 5.41) is 0. The number of aryl methyl sites for hydroxylation is 1. The monoisotopic (exact) mass is 379 g/mol. The van der Waals surface area contributed by atoms with Gasteiger partial charge in [-0.2, -0.15) is 0 Å². The third-order valence-corrected chi connectivity index (χ3v) is 6.61. The predicted octanol–water partition coefficient (Wildman–Crippen LogP) is 5.44. The topological polar surface area (TPSA) is 20.3 Å². The molecule has 0 aromatic heterocycles. The maximum Gasteiger partial charge on any atom is 0.253 e. The third kappa shape index (κ3) is 3.99. The Morgan fingerprint density at radius 3 is 2.43 bits per heavy atom. The molecule has 1 amide bonds. The largest absolute Gasteiger partial charge is 0.339 e. The normalized spacial score (nSPS) is 18.4. The number of fused-ring (bicyclic) bond motifs is 1. The van der Waals surface area contributed by atoms with Crippen LogP contribution in [0.4, 0.5) is 4.39 Å². The summed E-state index contributed by atoms with van der Waals surface area (Å²) in [6.45, 7) is 6.07. The fourth-order valence-corrected chi connectivity index (χ4v) is 4.94. The number of halogens is 1. The Bertz CT molecular complexity index is 847. The van der Waals surface area contributed by atoms with E-state index in [0.717, 1.165) is 57.2 Å². The molecule has 0 unspecified atom stereocenters. The van der Waals surface area contributed by atoms with Crippen LogP contribution < -0.4 is 0 Å². The predicted molar refractivity (Wildman–Crippen MR) is 111 cm³/mol. The van der Waals surface area contributed by atoms with E-state index in [1.54, 1.807) is 12.1 Å². The van der Waals surface area contributed by atoms with E-state index in [1.807, 2.05) is 23.1 Å². The number of piperidine rings is 1. The Morgan fingerprint density at radius 2 is 1.75 bits per heavy atom. The van der Waals surface area contributed by atoms with Crippen molar-refractivity contribution in [2.24, 2.45) is 11.3 Å². The number of nitrogens with zero attached hydrogens (tertiary/aromatic N) is 1. The molecule has 2 aromatic carbocycles. The van der Waals surface area contributed by atoms with Crippen molar-refractivity contribution >= 4 is 5.91 Å². The van der Waals surface area contributed by atoms with Gasteiger partial charge in [0.15, 0.2) is 0 Å². The minimum atomic E-state index is -0.130. The Kier molecular flexibility index (Phi) is 5.27. The number of likely N-dealkylation sites (tertiary alicyclic amines) is 1. The van der Waals surface area contributed by atoms with Gasteiger partial charge >= 0.3 is 0 Å². The second-order valence-corrected chi connectivity index (χ2v) is 9.18. The molecular weight excluding hydrogens is 349 g/mol. The first-order chi connectivity index (χ1) is 13.4. The van der Waals surface area contributed by atoms with Gasteiger partial charge in [0.1, 0.15) is 5.82 Å². The maximum absolute atomic E-state index is 13.5. The molecule has 148 valence electrons. The summed E-state index contributed by atoms with van der Waals surface area (Å²) in [7, 11) is 0. The van der Waals surface area contributed by atoms with Gasteiger partial charge in [-0.1, -0.05) is 32.0 Å². The summed E-state index contributed by atoms with van der Waals surface area (Å²) in [5.41, 5.74) is 4.84. The Balaban J connectivity index is 1.39. The second-order valence-electron chi connectivity index (χ2n) is 9.18. The molecule has 1 saturated heterocycles. The highest BCUT2D eigenvalue weighted by Crippen LogP contribution is 2.43. The van der Waals surface area contributed by atoms with Crippen molar-refractivity contribution in [1.82, 2.24) is 4.90 Å². The standard InChI is InChI=1S/C25H30FNO/c1-18(2)15-19-3-5-20(6-4-19)24(28)27-13-11-25(12-14-27)10-9-21-16-23(26)8-7-22(21)17-25/h3-8,16,18H,9-15,17H2,1-2H3. The van der Waals surface area contributed by atoms with Crippen molar-refractivity contribution in [3.63, 3.8) is 0 Å². The van der Waals surface area contributed by atoms with Gasteiger partial charge in [0.05, 0.1) is 0 Å². The van der Waals surface area contributed by atoms with Crippen LogP contribution in [-0.2, 0) is 19.3 Å². The molecule has 28 heavy (non-hydrogen) atoms. The molecular formula is C25H30FNO. The van der Waals surface area contributed by atoms with Crippen molar-refractivity contribution in [3.8, 4) is 0 Å². The van der Waals surface area contributed by atoms with E-state index in [0.29, 0.717) is 5.92 Å². The van der Waals surface area contributed by atoms with Gasteiger partial charge in [-0.15, -0.1) is 0 Å².